The quantitative estimate of drug-likeness (QED) is 0.751. The summed E-state index contributed by atoms with van der Waals surface area (Å²) < 4.78 is 6.02. The van der Waals surface area contributed by atoms with Crippen molar-refractivity contribution in [3.63, 3.8) is 0 Å². The minimum absolute atomic E-state index is 0.0831. The fourth-order valence-corrected chi connectivity index (χ4v) is 2.52. The number of hydrogen-bond acceptors (Lipinski definition) is 3. The first-order valence-electron chi connectivity index (χ1n) is 7.40. The highest BCUT2D eigenvalue weighted by Crippen LogP contribution is 2.27. The van der Waals surface area contributed by atoms with Crippen LogP contribution in [-0.4, -0.2) is 30.3 Å². The molecule has 2 rings (SSSR count). The SMILES string of the molecule is O=C(NCCCO)C(OC1CCCC1)c1ccccc1. The number of aliphatic hydroxyl groups is 1. The van der Waals surface area contributed by atoms with Crippen LogP contribution >= 0.6 is 0 Å². The van der Waals surface area contributed by atoms with Crippen LogP contribution in [0.25, 0.3) is 0 Å². The van der Waals surface area contributed by atoms with E-state index in [2.05, 4.69) is 5.32 Å². The average Bonchev–Trinajstić information content (AvgIpc) is 2.99. The van der Waals surface area contributed by atoms with Crippen LogP contribution in [-0.2, 0) is 9.53 Å². The summed E-state index contributed by atoms with van der Waals surface area (Å²) in [7, 11) is 0. The first kappa shape index (κ1) is 15.0. The molecule has 0 saturated heterocycles. The smallest absolute Gasteiger partial charge is 0.253 e. The van der Waals surface area contributed by atoms with Gasteiger partial charge in [0.25, 0.3) is 5.91 Å². The van der Waals surface area contributed by atoms with E-state index in [1.807, 2.05) is 30.3 Å². The zero-order valence-electron chi connectivity index (χ0n) is 11.8. The van der Waals surface area contributed by atoms with E-state index in [1.165, 1.54) is 12.8 Å². The number of ether oxygens (including phenoxy) is 1. The second-order valence-electron chi connectivity index (χ2n) is 5.20. The summed E-state index contributed by atoms with van der Waals surface area (Å²) in [4.78, 5) is 12.3. The molecule has 0 spiro atoms. The van der Waals surface area contributed by atoms with Gasteiger partial charge in [0.1, 0.15) is 0 Å². The predicted molar refractivity (Wildman–Crippen MR) is 77.2 cm³/mol. The van der Waals surface area contributed by atoms with E-state index in [0.717, 1.165) is 18.4 Å². The van der Waals surface area contributed by atoms with E-state index in [0.29, 0.717) is 13.0 Å². The number of nitrogens with one attached hydrogen (secondary N) is 1. The first-order chi connectivity index (χ1) is 9.81. The van der Waals surface area contributed by atoms with Crippen molar-refractivity contribution in [3.05, 3.63) is 35.9 Å². The molecule has 4 heteroatoms. The molecule has 1 aliphatic carbocycles. The van der Waals surface area contributed by atoms with Gasteiger partial charge in [-0.15, -0.1) is 0 Å². The standard InChI is InChI=1S/C16H23NO3/c18-12-6-11-17-16(19)15(13-7-2-1-3-8-13)20-14-9-4-5-10-14/h1-3,7-8,14-15,18H,4-6,9-12H2,(H,17,19). The summed E-state index contributed by atoms with van der Waals surface area (Å²) in [5, 5.41) is 11.6. The zero-order chi connectivity index (χ0) is 14.2. The number of carbonyl (C=O) groups excluding carboxylic acids is 1. The molecule has 1 fully saturated rings. The van der Waals surface area contributed by atoms with Crippen LogP contribution in [0.5, 0.6) is 0 Å². The molecule has 1 aromatic rings. The Morgan fingerprint density at radius 3 is 2.65 bits per heavy atom. The Hall–Kier alpha value is -1.39. The zero-order valence-corrected chi connectivity index (χ0v) is 11.8. The van der Waals surface area contributed by atoms with Gasteiger partial charge in [-0.3, -0.25) is 4.79 Å². The lowest BCUT2D eigenvalue weighted by Crippen LogP contribution is -2.33. The van der Waals surface area contributed by atoms with Gasteiger partial charge >= 0.3 is 0 Å². The molecule has 1 saturated carbocycles. The van der Waals surface area contributed by atoms with Crippen LogP contribution < -0.4 is 5.32 Å². The summed E-state index contributed by atoms with van der Waals surface area (Å²) in [6.07, 6.45) is 4.63. The Morgan fingerprint density at radius 2 is 2.00 bits per heavy atom. The summed E-state index contributed by atoms with van der Waals surface area (Å²) in [5.74, 6) is -0.114. The Balaban J connectivity index is 2.01. The van der Waals surface area contributed by atoms with Crippen molar-refractivity contribution in [2.75, 3.05) is 13.2 Å². The van der Waals surface area contributed by atoms with Crippen molar-refractivity contribution in [3.8, 4) is 0 Å². The number of benzene rings is 1. The van der Waals surface area contributed by atoms with Gasteiger partial charge in [-0.25, -0.2) is 0 Å². The van der Waals surface area contributed by atoms with E-state index in [1.54, 1.807) is 0 Å². The fourth-order valence-electron chi connectivity index (χ4n) is 2.52. The lowest BCUT2D eigenvalue weighted by atomic mass is 10.1. The van der Waals surface area contributed by atoms with Crippen molar-refractivity contribution in [2.24, 2.45) is 0 Å². The summed E-state index contributed by atoms with van der Waals surface area (Å²) in [6, 6.07) is 9.61. The molecule has 1 atom stereocenters. The largest absolute Gasteiger partial charge is 0.396 e. The van der Waals surface area contributed by atoms with Crippen LogP contribution in [0.3, 0.4) is 0 Å². The molecule has 1 aromatic carbocycles. The van der Waals surface area contributed by atoms with Gasteiger partial charge < -0.3 is 15.2 Å². The van der Waals surface area contributed by atoms with Gasteiger partial charge in [-0.1, -0.05) is 43.2 Å². The third-order valence-electron chi connectivity index (χ3n) is 3.61. The molecule has 1 unspecified atom stereocenters. The lowest BCUT2D eigenvalue weighted by molar-refractivity contribution is -0.137. The molecule has 0 heterocycles. The van der Waals surface area contributed by atoms with Crippen molar-refractivity contribution < 1.29 is 14.6 Å². The first-order valence-corrected chi connectivity index (χ1v) is 7.40. The molecule has 0 aliphatic heterocycles. The molecular weight excluding hydrogens is 254 g/mol. The molecule has 2 N–H and O–H groups in total. The molecule has 4 nitrogen and oxygen atoms in total. The molecular formula is C16H23NO3. The minimum Gasteiger partial charge on any atom is -0.396 e. The number of rotatable bonds is 7. The number of hydrogen-bond donors (Lipinski definition) is 2. The molecule has 0 radical (unpaired) electrons. The molecule has 0 aromatic heterocycles. The van der Waals surface area contributed by atoms with Crippen molar-refractivity contribution in [1.82, 2.24) is 5.32 Å². The van der Waals surface area contributed by atoms with E-state index < -0.39 is 6.10 Å². The van der Waals surface area contributed by atoms with Crippen LogP contribution in [0.15, 0.2) is 30.3 Å². The predicted octanol–water partition coefficient (Wildman–Crippen LogP) is 2.19. The summed E-state index contributed by atoms with van der Waals surface area (Å²) in [6.45, 7) is 0.562. The third-order valence-corrected chi connectivity index (χ3v) is 3.61. The van der Waals surface area contributed by atoms with Crippen molar-refractivity contribution in [2.45, 2.75) is 44.3 Å². The normalized spacial score (nSPS) is 17.1. The average molecular weight is 277 g/mol. The van der Waals surface area contributed by atoms with Crippen LogP contribution in [0.2, 0.25) is 0 Å². The van der Waals surface area contributed by atoms with E-state index in [-0.39, 0.29) is 18.6 Å². The van der Waals surface area contributed by atoms with E-state index >= 15 is 0 Å². The number of carbonyl (C=O) groups is 1. The number of amides is 1. The Morgan fingerprint density at radius 1 is 1.30 bits per heavy atom. The topological polar surface area (TPSA) is 58.6 Å². The fraction of sp³-hybridized carbons (Fsp3) is 0.562. The Kier molecular flexibility index (Phi) is 6.02. The second-order valence-corrected chi connectivity index (χ2v) is 5.20. The van der Waals surface area contributed by atoms with Gasteiger partial charge in [0, 0.05) is 13.2 Å². The van der Waals surface area contributed by atoms with Gasteiger partial charge in [-0.05, 0) is 24.8 Å². The minimum atomic E-state index is -0.544. The lowest BCUT2D eigenvalue weighted by Gasteiger charge is -2.22. The monoisotopic (exact) mass is 277 g/mol. The van der Waals surface area contributed by atoms with Crippen molar-refractivity contribution in [1.29, 1.82) is 0 Å². The highest BCUT2D eigenvalue weighted by atomic mass is 16.5. The van der Waals surface area contributed by atoms with Gasteiger partial charge in [-0.2, -0.15) is 0 Å². The van der Waals surface area contributed by atoms with E-state index in [4.69, 9.17) is 9.84 Å². The Bertz CT molecular complexity index is 401. The molecule has 0 bridgehead atoms. The van der Waals surface area contributed by atoms with Crippen LogP contribution in [0, 0.1) is 0 Å². The molecule has 1 amide bonds. The van der Waals surface area contributed by atoms with Crippen LogP contribution in [0.4, 0.5) is 0 Å². The third kappa shape index (κ3) is 4.32. The molecule has 1 aliphatic rings. The highest BCUT2D eigenvalue weighted by molar-refractivity contribution is 5.82. The molecule has 110 valence electrons. The molecule has 20 heavy (non-hydrogen) atoms. The summed E-state index contributed by atoms with van der Waals surface area (Å²) >= 11 is 0. The maximum atomic E-state index is 12.3. The van der Waals surface area contributed by atoms with Gasteiger partial charge in [0.05, 0.1) is 6.10 Å². The second kappa shape index (κ2) is 8.02. The maximum Gasteiger partial charge on any atom is 0.253 e. The number of aliphatic hydroxyl groups excluding tert-OH is 1. The highest BCUT2D eigenvalue weighted by Gasteiger charge is 2.26. The van der Waals surface area contributed by atoms with Crippen molar-refractivity contribution >= 4 is 5.91 Å². The Labute approximate surface area is 120 Å². The van der Waals surface area contributed by atoms with Gasteiger partial charge in [0.2, 0.25) is 0 Å². The summed E-state index contributed by atoms with van der Waals surface area (Å²) in [5.41, 5.74) is 0.890. The van der Waals surface area contributed by atoms with Gasteiger partial charge in [0.15, 0.2) is 6.10 Å². The maximum absolute atomic E-state index is 12.3. The van der Waals surface area contributed by atoms with Crippen LogP contribution in [0.1, 0.15) is 43.8 Å². The van der Waals surface area contributed by atoms with E-state index in [9.17, 15) is 4.79 Å².